The number of hydrogen-bond donors (Lipinski definition) is 1. The van der Waals surface area contributed by atoms with Crippen molar-refractivity contribution in [1.82, 2.24) is 14.6 Å². The van der Waals surface area contributed by atoms with Crippen LogP contribution in [0.4, 0.5) is 5.82 Å². The zero-order valence-electron chi connectivity index (χ0n) is 13.9. The fourth-order valence-corrected chi connectivity index (χ4v) is 2.78. The number of aryl methyl sites for hydroxylation is 2. The molecule has 1 N–H and O–H groups in total. The van der Waals surface area contributed by atoms with Gasteiger partial charge in [0.1, 0.15) is 5.82 Å². The topological polar surface area (TPSA) is 42.2 Å². The van der Waals surface area contributed by atoms with E-state index in [9.17, 15) is 0 Å². The summed E-state index contributed by atoms with van der Waals surface area (Å²) in [5.41, 5.74) is 4.93. The molecule has 0 saturated heterocycles. The maximum atomic E-state index is 6.01. The quantitative estimate of drug-likeness (QED) is 0.742. The van der Waals surface area contributed by atoms with Crippen molar-refractivity contribution >= 4 is 23.1 Å². The third-order valence-corrected chi connectivity index (χ3v) is 4.28. The Morgan fingerprint density at radius 1 is 1.22 bits per heavy atom. The van der Waals surface area contributed by atoms with Gasteiger partial charge in [-0.3, -0.25) is 0 Å². The summed E-state index contributed by atoms with van der Waals surface area (Å²) in [5, 5.41) is 8.94. The molecule has 0 aliphatic rings. The molecule has 0 saturated carbocycles. The van der Waals surface area contributed by atoms with Crippen molar-refractivity contribution in [3.8, 4) is 11.1 Å². The van der Waals surface area contributed by atoms with E-state index in [1.54, 1.807) is 0 Å². The minimum Gasteiger partial charge on any atom is -0.367 e. The molecule has 3 rings (SSSR count). The third-order valence-electron chi connectivity index (χ3n) is 4.03. The summed E-state index contributed by atoms with van der Waals surface area (Å²) in [6.07, 6.45) is 1.05. The molecular weight excluding hydrogens is 308 g/mol. The van der Waals surface area contributed by atoms with Gasteiger partial charge in [0.2, 0.25) is 0 Å². The maximum Gasteiger partial charge on any atom is 0.165 e. The van der Waals surface area contributed by atoms with Gasteiger partial charge in [0.05, 0.1) is 5.69 Å². The van der Waals surface area contributed by atoms with E-state index in [1.165, 1.54) is 0 Å². The van der Waals surface area contributed by atoms with Crippen LogP contribution in [0.25, 0.3) is 16.8 Å². The minimum atomic E-state index is 0.378. The molecule has 3 aromatic rings. The van der Waals surface area contributed by atoms with Crippen molar-refractivity contribution in [2.45, 2.75) is 40.2 Å². The lowest BCUT2D eigenvalue weighted by molar-refractivity contribution is 0.747. The van der Waals surface area contributed by atoms with E-state index >= 15 is 0 Å². The Bertz CT molecular complexity index is 836. The van der Waals surface area contributed by atoms with Crippen LogP contribution in [-0.4, -0.2) is 20.6 Å². The standard InChI is InChI=1S/C18H21ClN4/c1-5-11(2)20-16-10-12(3)21-18-17(13(4)22-23(16)18)14-6-8-15(19)9-7-14/h6-11,20H,5H2,1-4H3. The van der Waals surface area contributed by atoms with E-state index in [-0.39, 0.29) is 0 Å². The van der Waals surface area contributed by atoms with E-state index in [1.807, 2.05) is 48.7 Å². The molecule has 0 aliphatic carbocycles. The number of hydrogen-bond acceptors (Lipinski definition) is 3. The normalized spacial score (nSPS) is 12.6. The first-order valence-electron chi connectivity index (χ1n) is 7.89. The third kappa shape index (κ3) is 3.04. The number of anilines is 1. The molecule has 1 unspecified atom stereocenters. The lowest BCUT2D eigenvalue weighted by Gasteiger charge is -2.14. The van der Waals surface area contributed by atoms with E-state index in [0.29, 0.717) is 6.04 Å². The molecule has 1 atom stereocenters. The second kappa shape index (κ2) is 6.20. The molecule has 0 spiro atoms. The molecule has 23 heavy (non-hydrogen) atoms. The van der Waals surface area contributed by atoms with Crippen LogP contribution < -0.4 is 5.32 Å². The molecule has 2 aromatic heterocycles. The molecule has 0 bridgehead atoms. The molecule has 0 fully saturated rings. The highest BCUT2D eigenvalue weighted by Crippen LogP contribution is 2.30. The Hall–Kier alpha value is -2.07. The molecule has 0 radical (unpaired) electrons. The van der Waals surface area contributed by atoms with Gasteiger partial charge in [-0.05, 0) is 44.9 Å². The van der Waals surface area contributed by atoms with E-state index in [2.05, 4.69) is 19.2 Å². The van der Waals surface area contributed by atoms with E-state index < -0.39 is 0 Å². The molecule has 2 heterocycles. The first-order valence-corrected chi connectivity index (χ1v) is 8.27. The highest BCUT2D eigenvalue weighted by atomic mass is 35.5. The Morgan fingerprint density at radius 2 is 1.91 bits per heavy atom. The largest absolute Gasteiger partial charge is 0.367 e. The van der Waals surface area contributed by atoms with Gasteiger partial charge in [-0.15, -0.1) is 0 Å². The zero-order valence-corrected chi connectivity index (χ0v) is 14.6. The smallest absolute Gasteiger partial charge is 0.165 e. The van der Waals surface area contributed by atoms with Crippen molar-refractivity contribution in [3.63, 3.8) is 0 Å². The van der Waals surface area contributed by atoms with Gasteiger partial charge in [0, 0.05) is 28.4 Å². The number of aromatic nitrogens is 3. The predicted molar refractivity (Wildman–Crippen MR) is 96.3 cm³/mol. The summed E-state index contributed by atoms with van der Waals surface area (Å²) in [4.78, 5) is 4.72. The van der Waals surface area contributed by atoms with Crippen LogP contribution in [0.1, 0.15) is 31.7 Å². The molecule has 0 amide bonds. The SMILES string of the molecule is CCC(C)Nc1cc(C)nc2c(-c3ccc(Cl)cc3)c(C)nn12. The number of nitrogens with zero attached hydrogens (tertiary/aromatic N) is 3. The van der Waals surface area contributed by atoms with Crippen molar-refractivity contribution in [1.29, 1.82) is 0 Å². The van der Waals surface area contributed by atoms with Gasteiger partial charge in [0.25, 0.3) is 0 Å². The monoisotopic (exact) mass is 328 g/mol. The average molecular weight is 329 g/mol. The maximum absolute atomic E-state index is 6.01. The summed E-state index contributed by atoms with van der Waals surface area (Å²) in [6, 6.07) is 10.2. The number of halogens is 1. The van der Waals surface area contributed by atoms with Crippen LogP contribution in [0.2, 0.25) is 5.02 Å². The highest BCUT2D eigenvalue weighted by molar-refractivity contribution is 6.30. The van der Waals surface area contributed by atoms with E-state index in [4.69, 9.17) is 21.7 Å². The Morgan fingerprint density at radius 3 is 2.57 bits per heavy atom. The van der Waals surface area contributed by atoms with Crippen LogP contribution in [0, 0.1) is 13.8 Å². The first kappa shape index (κ1) is 15.8. The summed E-state index contributed by atoms with van der Waals surface area (Å²) in [6.45, 7) is 8.35. The fourth-order valence-electron chi connectivity index (χ4n) is 2.66. The van der Waals surface area contributed by atoms with Gasteiger partial charge in [-0.1, -0.05) is 30.7 Å². The van der Waals surface area contributed by atoms with E-state index in [0.717, 1.165) is 45.4 Å². The zero-order chi connectivity index (χ0) is 16.6. The number of rotatable bonds is 4. The summed E-state index contributed by atoms with van der Waals surface area (Å²) in [5.74, 6) is 0.977. The predicted octanol–water partition coefficient (Wildman–Crippen LogP) is 4.88. The van der Waals surface area contributed by atoms with Gasteiger partial charge in [0.15, 0.2) is 5.65 Å². The second-order valence-electron chi connectivity index (χ2n) is 5.94. The number of nitrogens with one attached hydrogen (secondary N) is 1. The average Bonchev–Trinajstić information content (AvgIpc) is 2.84. The lowest BCUT2D eigenvalue weighted by atomic mass is 10.1. The fraction of sp³-hybridized carbons (Fsp3) is 0.333. The van der Waals surface area contributed by atoms with Gasteiger partial charge >= 0.3 is 0 Å². The minimum absolute atomic E-state index is 0.378. The molecule has 0 aliphatic heterocycles. The lowest BCUT2D eigenvalue weighted by Crippen LogP contribution is -2.16. The van der Waals surface area contributed by atoms with Crippen molar-refractivity contribution in [2.75, 3.05) is 5.32 Å². The van der Waals surface area contributed by atoms with Crippen LogP contribution in [0.3, 0.4) is 0 Å². The van der Waals surface area contributed by atoms with Crippen molar-refractivity contribution in [2.24, 2.45) is 0 Å². The van der Waals surface area contributed by atoms with Crippen molar-refractivity contribution in [3.05, 3.63) is 46.7 Å². The van der Waals surface area contributed by atoms with Crippen LogP contribution in [0.15, 0.2) is 30.3 Å². The van der Waals surface area contributed by atoms with Gasteiger partial charge in [-0.2, -0.15) is 9.61 Å². The van der Waals surface area contributed by atoms with Crippen LogP contribution in [-0.2, 0) is 0 Å². The second-order valence-corrected chi connectivity index (χ2v) is 6.38. The Labute approximate surface area is 141 Å². The molecule has 5 heteroatoms. The van der Waals surface area contributed by atoms with Gasteiger partial charge in [-0.25, -0.2) is 4.98 Å². The Balaban J connectivity index is 2.20. The highest BCUT2D eigenvalue weighted by Gasteiger charge is 2.16. The summed E-state index contributed by atoms with van der Waals surface area (Å²) < 4.78 is 1.90. The summed E-state index contributed by atoms with van der Waals surface area (Å²) in [7, 11) is 0. The van der Waals surface area contributed by atoms with Crippen LogP contribution >= 0.6 is 11.6 Å². The molecule has 4 nitrogen and oxygen atoms in total. The molecular formula is C18H21ClN4. The number of fused-ring (bicyclic) bond motifs is 1. The first-order chi connectivity index (χ1) is 11.0. The Kier molecular flexibility index (Phi) is 4.26. The van der Waals surface area contributed by atoms with Crippen molar-refractivity contribution < 1.29 is 0 Å². The summed E-state index contributed by atoms with van der Waals surface area (Å²) >= 11 is 6.01. The molecule has 120 valence electrons. The van der Waals surface area contributed by atoms with Gasteiger partial charge < -0.3 is 5.32 Å². The molecule has 1 aromatic carbocycles. The number of benzene rings is 1. The van der Waals surface area contributed by atoms with Crippen LogP contribution in [0.5, 0.6) is 0 Å².